The van der Waals surface area contributed by atoms with Crippen molar-refractivity contribution in [3.8, 4) is 5.88 Å². The van der Waals surface area contributed by atoms with Crippen LogP contribution in [0.15, 0.2) is 6.20 Å². The minimum atomic E-state index is -5.18. The summed E-state index contributed by atoms with van der Waals surface area (Å²) in [6, 6.07) is 0. The van der Waals surface area contributed by atoms with Gasteiger partial charge in [0.1, 0.15) is 5.56 Å². The van der Waals surface area contributed by atoms with Gasteiger partial charge in [-0.25, -0.2) is 18.6 Å². The van der Waals surface area contributed by atoms with Crippen molar-refractivity contribution in [2.45, 2.75) is 12.6 Å². The second-order valence-corrected chi connectivity index (χ2v) is 3.26. The lowest BCUT2D eigenvalue weighted by molar-refractivity contribution is -0.140. The number of ether oxygens (including phenoxy) is 2. The Morgan fingerprint density at radius 2 is 1.89 bits per heavy atom. The van der Waals surface area contributed by atoms with E-state index in [1.54, 1.807) is 0 Å². The van der Waals surface area contributed by atoms with Crippen LogP contribution >= 0.6 is 0 Å². The van der Waals surface area contributed by atoms with Crippen molar-refractivity contribution in [2.24, 2.45) is 0 Å². The number of esters is 1. The van der Waals surface area contributed by atoms with Crippen molar-refractivity contribution in [3.63, 3.8) is 0 Å². The monoisotopic (exact) mass is 285 g/mol. The number of halogens is 5. The maximum Gasteiger partial charge on any atom is 0.417 e. The zero-order valence-corrected chi connectivity index (χ0v) is 9.72. The third-order valence-electron chi connectivity index (χ3n) is 2.17. The van der Waals surface area contributed by atoms with Gasteiger partial charge < -0.3 is 9.47 Å². The highest BCUT2D eigenvalue weighted by atomic mass is 19.4. The predicted octanol–water partition coefficient (Wildman–Crippen LogP) is 2.83. The van der Waals surface area contributed by atoms with Crippen LogP contribution in [0, 0.1) is 0 Å². The fourth-order valence-corrected chi connectivity index (χ4v) is 1.43. The van der Waals surface area contributed by atoms with Crippen molar-refractivity contribution in [1.29, 1.82) is 0 Å². The molecule has 0 aliphatic carbocycles. The highest BCUT2D eigenvalue weighted by molar-refractivity contribution is 5.94. The highest BCUT2D eigenvalue weighted by Crippen LogP contribution is 2.41. The summed E-state index contributed by atoms with van der Waals surface area (Å²) in [5.74, 6) is -2.19. The Morgan fingerprint density at radius 1 is 1.32 bits per heavy atom. The van der Waals surface area contributed by atoms with Crippen LogP contribution in [-0.2, 0) is 10.9 Å². The van der Waals surface area contributed by atoms with E-state index in [1.807, 2.05) is 0 Å². The first-order valence-corrected chi connectivity index (χ1v) is 4.74. The smallest absolute Gasteiger partial charge is 0.417 e. The van der Waals surface area contributed by atoms with Crippen LogP contribution in [0.2, 0.25) is 0 Å². The standard InChI is InChI=1S/C10H8F5NO3/c1-18-8-5(9(17)19-2)6(10(13,14)15)4(3-16-8)7(11)12/h3,7H,1-2H3. The van der Waals surface area contributed by atoms with E-state index >= 15 is 0 Å². The van der Waals surface area contributed by atoms with E-state index in [0.717, 1.165) is 14.2 Å². The number of rotatable bonds is 3. The van der Waals surface area contributed by atoms with E-state index in [-0.39, 0.29) is 0 Å². The first-order chi connectivity index (χ1) is 8.73. The van der Waals surface area contributed by atoms with E-state index in [1.165, 1.54) is 0 Å². The quantitative estimate of drug-likeness (QED) is 0.633. The third kappa shape index (κ3) is 2.91. The predicted molar refractivity (Wildman–Crippen MR) is 52.1 cm³/mol. The molecule has 9 heteroatoms. The summed E-state index contributed by atoms with van der Waals surface area (Å²) >= 11 is 0. The highest BCUT2D eigenvalue weighted by Gasteiger charge is 2.42. The Hall–Kier alpha value is -1.93. The normalized spacial score (nSPS) is 11.6. The molecule has 0 bridgehead atoms. The Kier molecular flexibility index (Phi) is 4.28. The molecule has 0 aliphatic rings. The SMILES string of the molecule is COC(=O)c1c(OC)ncc(C(F)F)c1C(F)(F)F. The van der Waals surface area contributed by atoms with Gasteiger partial charge >= 0.3 is 12.1 Å². The molecule has 0 fully saturated rings. The molecule has 0 amide bonds. The summed E-state index contributed by atoms with van der Waals surface area (Å²) < 4.78 is 72.4. The molecule has 0 aromatic carbocycles. The van der Waals surface area contributed by atoms with Crippen molar-refractivity contribution < 1.29 is 36.2 Å². The topological polar surface area (TPSA) is 48.4 Å². The number of alkyl halides is 5. The molecule has 0 radical (unpaired) electrons. The zero-order valence-electron chi connectivity index (χ0n) is 9.72. The summed E-state index contributed by atoms with van der Waals surface area (Å²) in [6.07, 6.45) is -8.30. The number of aromatic nitrogens is 1. The molecule has 0 N–H and O–H groups in total. The molecule has 1 aromatic heterocycles. The molecule has 0 saturated carbocycles. The fourth-order valence-electron chi connectivity index (χ4n) is 1.43. The Balaban J connectivity index is 3.71. The number of methoxy groups -OCH3 is 2. The van der Waals surface area contributed by atoms with Crippen LogP contribution < -0.4 is 4.74 Å². The molecule has 1 heterocycles. The second kappa shape index (κ2) is 5.37. The van der Waals surface area contributed by atoms with Gasteiger partial charge in [-0.1, -0.05) is 0 Å². The molecule has 0 aliphatic heterocycles. The molecular weight excluding hydrogens is 277 g/mol. The summed E-state index contributed by atoms with van der Waals surface area (Å²) in [4.78, 5) is 14.6. The first kappa shape index (κ1) is 15.1. The van der Waals surface area contributed by atoms with E-state index in [9.17, 15) is 26.7 Å². The summed E-state index contributed by atoms with van der Waals surface area (Å²) in [5.41, 5.74) is -4.38. The Morgan fingerprint density at radius 3 is 2.26 bits per heavy atom. The number of carbonyl (C=O) groups excluding carboxylic acids is 1. The van der Waals surface area contributed by atoms with Crippen molar-refractivity contribution in [3.05, 3.63) is 22.9 Å². The van der Waals surface area contributed by atoms with Crippen LogP contribution in [0.4, 0.5) is 22.0 Å². The van der Waals surface area contributed by atoms with Crippen molar-refractivity contribution >= 4 is 5.97 Å². The van der Waals surface area contributed by atoms with E-state index in [4.69, 9.17) is 0 Å². The van der Waals surface area contributed by atoms with Crippen molar-refractivity contribution in [2.75, 3.05) is 14.2 Å². The minimum absolute atomic E-state index is 0.318. The average Bonchev–Trinajstić information content (AvgIpc) is 2.34. The lowest BCUT2D eigenvalue weighted by Crippen LogP contribution is -2.19. The number of hydrogen-bond acceptors (Lipinski definition) is 4. The number of pyridine rings is 1. The van der Waals surface area contributed by atoms with E-state index in [2.05, 4.69) is 14.5 Å². The second-order valence-electron chi connectivity index (χ2n) is 3.26. The average molecular weight is 285 g/mol. The Labute approximate surface area is 104 Å². The maximum absolute atomic E-state index is 12.9. The lowest BCUT2D eigenvalue weighted by Gasteiger charge is -2.17. The summed E-state index contributed by atoms with van der Waals surface area (Å²) in [7, 11) is 1.77. The van der Waals surface area contributed by atoms with Gasteiger partial charge in [0.25, 0.3) is 6.43 Å². The van der Waals surface area contributed by atoms with Crippen LogP contribution in [0.3, 0.4) is 0 Å². The molecule has 0 spiro atoms. The third-order valence-corrected chi connectivity index (χ3v) is 2.17. The molecule has 4 nitrogen and oxygen atoms in total. The molecule has 0 unspecified atom stereocenters. The van der Waals surface area contributed by atoms with Gasteiger partial charge in [-0.15, -0.1) is 0 Å². The van der Waals surface area contributed by atoms with Crippen LogP contribution in [0.5, 0.6) is 5.88 Å². The lowest BCUT2D eigenvalue weighted by atomic mass is 10.0. The molecule has 106 valence electrons. The number of carbonyl (C=O) groups is 1. The molecule has 0 saturated heterocycles. The molecule has 1 rings (SSSR count). The fraction of sp³-hybridized carbons (Fsp3) is 0.400. The first-order valence-electron chi connectivity index (χ1n) is 4.74. The van der Waals surface area contributed by atoms with Gasteiger partial charge in [0.05, 0.1) is 19.8 Å². The van der Waals surface area contributed by atoms with Crippen LogP contribution in [-0.4, -0.2) is 25.2 Å². The number of nitrogens with zero attached hydrogens (tertiary/aromatic N) is 1. The van der Waals surface area contributed by atoms with Gasteiger partial charge in [0, 0.05) is 11.8 Å². The van der Waals surface area contributed by atoms with Gasteiger partial charge in [-0.05, 0) is 0 Å². The molecule has 0 atom stereocenters. The molecular formula is C10H8F5NO3. The summed E-state index contributed by atoms with van der Waals surface area (Å²) in [5, 5.41) is 0. The summed E-state index contributed by atoms with van der Waals surface area (Å²) in [6.45, 7) is 0. The van der Waals surface area contributed by atoms with Gasteiger partial charge in [-0.2, -0.15) is 13.2 Å². The maximum atomic E-state index is 12.9. The van der Waals surface area contributed by atoms with E-state index in [0.29, 0.717) is 6.20 Å². The van der Waals surface area contributed by atoms with Crippen molar-refractivity contribution in [1.82, 2.24) is 4.98 Å². The largest absolute Gasteiger partial charge is 0.480 e. The van der Waals surface area contributed by atoms with Gasteiger partial charge in [0.15, 0.2) is 0 Å². The zero-order chi connectivity index (χ0) is 14.8. The van der Waals surface area contributed by atoms with Crippen LogP contribution in [0.25, 0.3) is 0 Å². The molecule has 19 heavy (non-hydrogen) atoms. The van der Waals surface area contributed by atoms with Crippen LogP contribution in [0.1, 0.15) is 27.9 Å². The molecule has 1 aromatic rings. The van der Waals surface area contributed by atoms with Gasteiger partial charge in [-0.3, -0.25) is 0 Å². The van der Waals surface area contributed by atoms with E-state index < -0.39 is 41.1 Å². The minimum Gasteiger partial charge on any atom is -0.480 e. The number of hydrogen-bond donors (Lipinski definition) is 0. The Bertz CT molecular complexity index is 487. The van der Waals surface area contributed by atoms with Gasteiger partial charge in [0.2, 0.25) is 5.88 Å².